The fraction of sp³-hybridized carbons (Fsp3) is 0.750. The molecule has 1 amide bonds. The van der Waals surface area contributed by atoms with E-state index in [1.807, 2.05) is 6.92 Å². The Kier molecular flexibility index (Phi) is 3.25. The number of ether oxygens (including phenoxy) is 1. The first-order valence-corrected chi connectivity index (χ1v) is 4.32. The zero-order valence-electron chi connectivity index (χ0n) is 7.45. The second-order valence-corrected chi connectivity index (χ2v) is 2.96. The molecule has 2 N–H and O–H groups in total. The predicted molar refractivity (Wildman–Crippen MR) is 44.2 cm³/mol. The number of unbranched alkanes of at least 4 members (excludes halogenated alkanes) is 1. The Balaban J connectivity index is 2.16. The molecular formula is C8H13NO4. The lowest BCUT2D eigenvalue weighted by atomic mass is 10.3. The van der Waals surface area contributed by atoms with Crippen LogP contribution in [0.5, 0.6) is 0 Å². The molecule has 5 nitrogen and oxygen atoms in total. The van der Waals surface area contributed by atoms with E-state index in [0.29, 0.717) is 6.54 Å². The third-order valence-electron chi connectivity index (χ3n) is 1.82. The van der Waals surface area contributed by atoms with Gasteiger partial charge in [0.1, 0.15) is 0 Å². The fourth-order valence-corrected chi connectivity index (χ4v) is 0.989. The van der Waals surface area contributed by atoms with E-state index < -0.39 is 18.2 Å². The number of nitrogens with one attached hydrogen (secondary N) is 1. The monoisotopic (exact) mass is 187 g/mol. The summed E-state index contributed by atoms with van der Waals surface area (Å²) < 4.78 is 4.66. The summed E-state index contributed by atoms with van der Waals surface area (Å²) in [7, 11) is 0. The van der Waals surface area contributed by atoms with Gasteiger partial charge in [0.05, 0.1) is 0 Å². The van der Waals surface area contributed by atoms with Crippen molar-refractivity contribution in [3.63, 3.8) is 0 Å². The summed E-state index contributed by atoms with van der Waals surface area (Å²) in [6.07, 6.45) is 0.195. The number of carboxylic acid groups (broad SMARTS) is 1. The van der Waals surface area contributed by atoms with Gasteiger partial charge in [-0.3, -0.25) is 4.79 Å². The standard InChI is InChI=1S/C8H13NO4/c1-2-3-4-9-7(10)5-6(13-5)8(11)12/h5-6H,2-4H2,1H3,(H,9,10)(H,11,12). The largest absolute Gasteiger partial charge is 0.479 e. The van der Waals surface area contributed by atoms with Crippen molar-refractivity contribution in [1.82, 2.24) is 5.32 Å². The van der Waals surface area contributed by atoms with Crippen LogP contribution in [0.15, 0.2) is 0 Å². The van der Waals surface area contributed by atoms with E-state index in [4.69, 9.17) is 5.11 Å². The van der Waals surface area contributed by atoms with Gasteiger partial charge in [-0.2, -0.15) is 0 Å². The molecule has 0 aliphatic carbocycles. The van der Waals surface area contributed by atoms with Crippen molar-refractivity contribution >= 4 is 11.9 Å². The number of amides is 1. The first-order valence-electron chi connectivity index (χ1n) is 4.32. The maximum absolute atomic E-state index is 11.1. The van der Waals surface area contributed by atoms with E-state index in [0.717, 1.165) is 12.8 Å². The van der Waals surface area contributed by atoms with Gasteiger partial charge in [0.15, 0.2) is 12.2 Å². The van der Waals surface area contributed by atoms with Gasteiger partial charge in [-0.1, -0.05) is 13.3 Å². The van der Waals surface area contributed by atoms with Crippen LogP contribution < -0.4 is 5.32 Å². The molecular weight excluding hydrogens is 174 g/mol. The Morgan fingerprint density at radius 1 is 1.46 bits per heavy atom. The highest BCUT2D eigenvalue weighted by molar-refractivity contribution is 5.91. The summed E-state index contributed by atoms with van der Waals surface area (Å²) in [4.78, 5) is 21.4. The molecule has 0 radical (unpaired) electrons. The molecule has 1 heterocycles. The van der Waals surface area contributed by atoms with Crippen LogP contribution in [0.3, 0.4) is 0 Å². The molecule has 2 atom stereocenters. The van der Waals surface area contributed by atoms with Crippen LogP contribution in [0.1, 0.15) is 19.8 Å². The second kappa shape index (κ2) is 4.23. The van der Waals surface area contributed by atoms with Crippen molar-refractivity contribution in [1.29, 1.82) is 0 Å². The van der Waals surface area contributed by atoms with Crippen LogP contribution >= 0.6 is 0 Å². The van der Waals surface area contributed by atoms with Gasteiger partial charge in [-0.05, 0) is 6.42 Å². The van der Waals surface area contributed by atoms with E-state index in [9.17, 15) is 9.59 Å². The van der Waals surface area contributed by atoms with Crippen LogP contribution in [0.2, 0.25) is 0 Å². The topological polar surface area (TPSA) is 78.9 Å². The number of carbonyl (C=O) groups is 2. The number of aliphatic carboxylic acids is 1. The van der Waals surface area contributed by atoms with Crippen molar-refractivity contribution in [3.05, 3.63) is 0 Å². The lowest BCUT2D eigenvalue weighted by Gasteiger charge is -1.99. The van der Waals surface area contributed by atoms with Gasteiger partial charge in [-0.25, -0.2) is 4.79 Å². The highest BCUT2D eigenvalue weighted by Gasteiger charge is 2.50. The predicted octanol–water partition coefficient (Wildman–Crippen LogP) is -0.245. The molecule has 0 aromatic rings. The number of epoxide rings is 1. The van der Waals surface area contributed by atoms with Crippen LogP contribution in [0, 0.1) is 0 Å². The summed E-state index contributed by atoms with van der Waals surface area (Å²) >= 11 is 0. The molecule has 1 aliphatic rings. The molecule has 1 aliphatic heterocycles. The van der Waals surface area contributed by atoms with E-state index in [1.165, 1.54) is 0 Å². The minimum Gasteiger partial charge on any atom is -0.479 e. The van der Waals surface area contributed by atoms with Gasteiger partial charge < -0.3 is 15.2 Å². The smallest absolute Gasteiger partial charge is 0.336 e. The van der Waals surface area contributed by atoms with Crippen molar-refractivity contribution in [2.45, 2.75) is 32.0 Å². The van der Waals surface area contributed by atoms with Crippen LogP contribution in [0.4, 0.5) is 0 Å². The maximum Gasteiger partial charge on any atom is 0.336 e. The first-order chi connectivity index (χ1) is 6.16. The first kappa shape index (κ1) is 9.98. The van der Waals surface area contributed by atoms with Crippen molar-refractivity contribution < 1.29 is 19.4 Å². The lowest BCUT2D eigenvalue weighted by Crippen LogP contribution is -2.31. The Bertz CT molecular complexity index is 216. The zero-order valence-corrected chi connectivity index (χ0v) is 7.45. The number of carboxylic acids is 1. The Morgan fingerprint density at radius 2 is 2.15 bits per heavy atom. The zero-order chi connectivity index (χ0) is 9.84. The Hall–Kier alpha value is -1.10. The molecule has 0 aromatic heterocycles. The number of hydrogen-bond donors (Lipinski definition) is 2. The number of hydrogen-bond acceptors (Lipinski definition) is 3. The Labute approximate surface area is 76.1 Å². The van der Waals surface area contributed by atoms with Crippen LogP contribution in [0.25, 0.3) is 0 Å². The Morgan fingerprint density at radius 3 is 2.62 bits per heavy atom. The molecule has 0 bridgehead atoms. The molecule has 1 saturated heterocycles. The maximum atomic E-state index is 11.1. The molecule has 74 valence electrons. The minimum absolute atomic E-state index is 0.319. The molecule has 13 heavy (non-hydrogen) atoms. The van der Waals surface area contributed by atoms with Crippen LogP contribution in [-0.2, 0) is 14.3 Å². The molecule has 1 rings (SSSR count). The molecule has 0 spiro atoms. The van der Waals surface area contributed by atoms with Crippen molar-refractivity contribution in [3.8, 4) is 0 Å². The third kappa shape index (κ3) is 2.69. The van der Waals surface area contributed by atoms with Gasteiger partial charge >= 0.3 is 5.97 Å². The van der Waals surface area contributed by atoms with E-state index in [1.54, 1.807) is 0 Å². The molecule has 1 fully saturated rings. The molecule has 0 saturated carbocycles. The fourth-order valence-electron chi connectivity index (χ4n) is 0.989. The summed E-state index contributed by atoms with van der Waals surface area (Å²) in [6, 6.07) is 0. The number of carbonyl (C=O) groups excluding carboxylic acids is 1. The summed E-state index contributed by atoms with van der Waals surface area (Å²) in [5.41, 5.74) is 0. The van der Waals surface area contributed by atoms with Crippen molar-refractivity contribution in [2.24, 2.45) is 0 Å². The summed E-state index contributed by atoms with van der Waals surface area (Å²) in [5.74, 6) is -1.39. The third-order valence-corrected chi connectivity index (χ3v) is 1.82. The SMILES string of the molecule is CCCCNC(=O)C1OC1C(=O)O. The summed E-state index contributed by atoms with van der Waals surface area (Å²) in [5, 5.41) is 11.0. The van der Waals surface area contributed by atoms with E-state index in [2.05, 4.69) is 10.1 Å². The highest BCUT2D eigenvalue weighted by Crippen LogP contribution is 2.21. The molecule has 5 heteroatoms. The van der Waals surface area contributed by atoms with Gasteiger partial charge in [0.2, 0.25) is 0 Å². The van der Waals surface area contributed by atoms with Crippen LogP contribution in [-0.4, -0.2) is 35.7 Å². The van der Waals surface area contributed by atoms with Gasteiger partial charge in [0.25, 0.3) is 5.91 Å². The average molecular weight is 187 g/mol. The van der Waals surface area contributed by atoms with E-state index in [-0.39, 0.29) is 5.91 Å². The number of rotatable bonds is 5. The van der Waals surface area contributed by atoms with Gasteiger partial charge in [-0.15, -0.1) is 0 Å². The average Bonchev–Trinajstić information content (AvgIpc) is 2.83. The highest BCUT2D eigenvalue weighted by atomic mass is 16.6. The van der Waals surface area contributed by atoms with Crippen molar-refractivity contribution in [2.75, 3.05) is 6.54 Å². The minimum atomic E-state index is -1.07. The quantitative estimate of drug-likeness (QED) is 0.459. The normalized spacial score (nSPS) is 25.3. The second-order valence-electron chi connectivity index (χ2n) is 2.96. The molecule has 2 unspecified atom stereocenters. The summed E-state index contributed by atoms with van der Waals surface area (Å²) in [6.45, 7) is 2.60. The molecule has 0 aromatic carbocycles. The lowest BCUT2D eigenvalue weighted by molar-refractivity contribution is -0.138. The van der Waals surface area contributed by atoms with Gasteiger partial charge in [0, 0.05) is 6.54 Å². The van der Waals surface area contributed by atoms with E-state index >= 15 is 0 Å².